The maximum atomic E-state index is 14.0. The van der Waals surface area contributed by atoms with Crippen molar-refractivity contribution in [2.75, 3.05) is 13.1 Å². The molecular formula is C29H44Cl2N4O6. The summed E-state index contributed by atoms with van der Waals surface area (Å²) in [6.45, 7) is 11.1. The van der Waals surface area contributed by atoms with Crippen LogP contribution in [0.5, 0.6) is 0 Å². The number of hydrogen-bond acceptors (Lipinski definition) is 6. The topological polar surface area (TPSA) is 134 Å². The van der Waals surface area contributed by atoms with Crippen LogP contribution in [0.1, 0.15) is 71.6 Å². The summed E-state index contributed by atoms with van der Waals surface area (Å²) in [7, 11) is 0. The summed E-state index contributed by atoms with van der Waals surface area (Å²) in [5.41, 5.74) is 0. The molecule has 1 saturated carbocycles. The Balaban J connectivity index is 2.31. The lowest BCUT2D eigenvalue weighted by Crippen LogP contribution is -2.59. The number of rotatable bonds is 15. The summed E-state index contributed by atoms with van der Waals surface area (Å²) >= 11 is 12.5. The van der Waals surface area contributed by atoms with Gasteiger partial charge in [-0.15, -0.1) is 36.4 Å². The first-order valence-corrected chi connectivity index (χ1v) is 15.3. The Labute approximate surface area is 253 Å². The van der Waals surface area contributed by atoms with E-state index in [1.807, 2.05) is 0 Å². The highest BCUT2D eigenvalue weighted by atomic mass is 35.5. The van der Waals surface area contributed by atoms with Gasteiger partial charge in [-0.05, 0) is 58.3 Å². The van der Waals surface area contributed by atoms with Crippen molar-refractivity contribution < 1.29 is 28.7 Å². The van der Waals surface area contributed by atoms with Crippen molar-refractivity contribution in [1.29, 1.82) is 0 Å². The highest BCUT2D eigenvalue weighted by molar-refractivity contribution is 6.44. The van der Waals surface area contributed by atoms with Crippen LogP contribution in [0.15, 0.2) is 25.3 Å². The summed E-state index contributed by atoms with van der Waals surface area (Å²) < 4.78 is 5.26. The molecule has 0 spiro atoms. The maximum Gasteiger partial charge on any atom is 0.408 e. The number of alkyl halides is 2. The van der Waals surface area contributed by atoms with Crippen LogP contribution >= 0.6 is 23.2 Å². The molecule has 41 heavy (non-hydrogen) atoms. The normalized spacial score (nSPS) is 20.7. The second-order valence-electron chi connectivity index (χ2n) is 10.9. The largest absolute Gasteiger partial charge is 0.447 e. The summed E-state index contributed by atoms with van der Waals surface area (Å²) in [5, 5.41) is 7.95. The molecule has 2 aliphatic rings. The number of alkyl carbamates (subject to hydrolysis) is 1. The van der Waals surface area contributed by atoms with Crippen molar-refractivity contribution in [3.63, 3.8) is 0 Å². The van der Waals surface area contributed by atoms with Gasteiger partial charge in [-0.2, -0.15) is 0 Å². The summed E-state index contributed by atoms with van der Waals surface area (Å²) in [4.78, 5) is 66.2. The smallest absolute Gasteiger partial charge is 0.408 e. The number of carbonyl (C=O) groups is 5. The van der Waals surface area contributed by atoms with Gasteiger partial charge in [0.15, 0.2) is 0 Å². The molecule has 0 aromatic rings. The zero-order valence-corrected chi connectivity index (χ0v) is 25.6. The first-order chi connectivity index (χ1) is 19.5. The van der Waals surface area contributed by atoms with Crippen LogP contribution in [0.25, 0.3) is 0 Å². The van der Waals surface area contributed by atoms with E-state index in [0.717, 1.165) is 32.1 Å². The van der Waals surface area contributed by atoms with Gasteiger partial charge in [0, 0.05) is 19.0 Å². The molecule has 10 nitrogen and oxygen atoms in total. The average Bonchev–Trinajstić information content (AvgIpc) is 3.39. The van der Waals surface area contributed by atoms with E-state index in [9.17, 15) is 24.0 Å². The van der Waals surface area contributed by atoms with E-state index in [1.54, 1.807) is 26.0 Å². The fraction of sp³-hybridized carbons (Fsp3) is 0.690. The Hall–Kier alpha value is -2.59. The Morgan fingerprint density at radius 2 is 1.63 bits per heavy atom. The molecule has 2 fully saturated rings. The van der Waals surface area contributed by atoms with Crippen LogP contribution in [-0.4, -0.2) is 76.7 Å². The summed E-state index contributed by atoms with van der Waals surface area (Å²) in [5.74, 6) is -3.43. The van der Waals surface area contributed by atoms with Gasteiger partial charge in [-0.1, -0.05) is 31.4 Å². The Morgan fingerprint density at radius 3 is 2.22 bits per heavy atom. The molecule has 230 valence electrons. The maximum absolute atomic E-state index is 14.0. The minimum Gasteiger partial charge on any atom is -0.447 e. The third kappa shape index (κ3) is 10.3. The standard InChI is InChI=1S/C29H44Cl2N4O6/c1-5-7-14-21(24(36)27(38)32-16-8-6-2)33-26(37)23-20(25(30)31)15-17-35(23)28(39)22(19-12-10-9-11-13-19)34-29(40)41-18(3)4/h5-6,18-23,25H,1-2,7-17H2,3-4H3,(H,32,38)(H,33,37)(H,34,40). The van der Waals surface area contributed by atoms with Crippen molar-refractivity contribution in [1.82, 2.24) is 20.9 Å². The van der Waals surface area contributed by atoms with Gasteiger partial charge in [-0.25, -0.2) is 4.79 Å². The zero-order valence-electron chi connectivity index (χ0n) is 24.0. The molecule has 3 N–H and O–H groups in total. The highest BCUT2D eigenvalue weighted by Crippen LogP contribution is 2.35. The molecule has 1 heterocycles. The predicted molar refractivity (Wildman–Crippen MR) is 158 cm³/mol. The second-order valence-corrected chi connectivity index (χ2v) is 12.0. The SMILES string of the molecule is C=CCCNC(=O)C(=O)C(CCC=C)NC(=O)C1C(C(Cl)Cl)CCN1C(=O)C(NC(=O)OC(C)C)C1CCCCC1. The molecule has 2 rings (SSSR count). The average molecular weight is 616 g/mol. The van der Waals surface area contributed by atoms with Crippen LogP contribution < -0.4 is 16.0 Å². The van der Waals surface area contributed by atoms with Crippen molar-refractivity contribution in [2.24, 2.45) is 11.8 Å². The number of likely N-dealkylation sites (tertiary alicyclic amines) is 1. The fourth-order valence-corrected chi connectivity index (χ4v) is 5.94. The molecule has 0 aromatic carbocycles. The zero-order chi connectivity index (χ0) is 30.5. The number of ether oxygens (including phenoxy) is 1. The van der Waals surface area contributed by atoms with Gasteiger partial charge in [0.25, 0.3) is 5.91 Å². The number of nitrogens with one attached hydrogen (secondary N) is 3. The summed E-state index contributed by atoms with van der Waals surface area (Å²) in [6, 6.07) is -3.13. The van der Waals surface area contributed by atoms with Gasteiger partial charge >= 0.3 is 6.09 Å². The number of allylic oxidation sites excluding steroid dienone is 1. The Kier molecular flexibility index (Phi) is 14.7. The molecule has 0 aromatic heterocycles. The number of hydrogen-bond donors (Lipinski definition) is 3. The molecule has 0 bridgehead atoms. The van der Waals surface area contributed by atoms with Crippen molar-refractivity contribution in [2.45, 2.75) is 101 Å². The minimum absolute atomic E-state index is 0.122. The van der Waals surface area contributed by atoms with Crippen molar-refractivity contribution in [3.05, 3.63) is 25.3 Å². The quantitative estimate of drug-likeness (QED) is 0.111. The number of nitrogens with zero attached hydrogens (tertiary/aromatic N) is 1. The molecule has 4 atom stereocenters. The van der Waals surface area contributed by atoms with Crippen LogP contribution in [0, 0.1) is 11.8 Å². The van der Waals surface area contributed by atoms with Gasteiger partial charge in [0.1, 0.15) is 16.9 Å². The number of carbonyl (C=O) groups excluding carboxylic acids is 5. The van der Waals surface area contributed by atoms with E-state index in [2.05, 4.69) is 29.1 Å². The predicted octanol–water partition coefficient (Wildman–Crippen LogP) is 3.80. The van der Waals surface area contributed by atoms with Crippen molar-refractivity contribution >= 4 is 52.8 Å². The molecule has 4 amide bonds. The lowest BCUT2D eigenvalue weighted by Gasteiger charge is -2.35. The third-order valence-electron chi connectivity index (χ3n) is 7.47. The van der Waals surface area contributed by atoms with E-state index < -0.39 is 58.5 Å². The Bertz CT molecular complexity index is 954. The first-order valence-electron chi connectivity index (χ1n) is 14.4. The lowest BCUT2D eigenvalue weighted by atomic mass is 9.83. The number of Topliss-reactive ketones (excluding diaryl/α,β-unsaturated/α-hetero) is 1. The molecule has 0 radical (unpaired) electrons. The molecular weight excluding hydrogens is 571 g/mol. The van der Waals surface area contributed by atoms with Gasteiger partial charge in [0.2, 0.25) is 17.6 Å². The molecule has 1 aliphatic heterocycles. The summed E-state index contributed by atoms with van der Waals surface area (Å²) in [6.07, 6.45) is 7.86. The molecule has 1 saturated heterocycles. The number of ketones is 1. The first kappa shape index (κ1) is 34.6. The van der Waals surface area contributed by atoms with E-state index in [-0.39, 0.29) is 31.5 Å². The van der Waals surface area contributed by atoms with E-state index in [1.165, 1.54) is 4.90 Å². The molecule has 4 unspecified atom stereocenters. The van der Waals surface area contributed by atoms with Gasteiger partial charge in [-0.3, -0.25) is 19.2 Å². The van der Waals surface area contributed by atoms with Crippen molar-refractivity contribution in [3.8, 4) is 0 Å². The lowest BCUT2D eigenvalue weighted by molar-refractivity contribution is -0.144. The van der Waals surface area contributed by atoms with Crippen LogP contribution in [0.3, 0.4) is 0 Å². The van der Waals surface area contributed by atoms with E-state index in [0.29, 0.717) is 19.3 Å². The van der Waals surface area contributed by atoms with Crippen LogP contribution in [0.4, 0.5) is 4.79 Å². The highest BCUT2D eigenvalue weighted by Gasteiger charge is 2.48. The van der Waals surface area contributed by atoms with E-state index >= 15 is 0 Å². The molecule has 12 heteroatoms. The van der Waals surface area contributed by atoms with E-state index in [4.69, 9.17) is 27.9 Å². The second kappa shape index (κ2) is 17.4. The van der Waals surface area contributed by atoms with Crippen LogP contribution in [0.2, 0.25) is 0 Å². The fourth-order valence-electron chi connectivity index (χ4n) is 5.41. The third-order valence-corrected chi connectivity index (χ3v) is 8.12. The number of amides is 4. The monoisotopic (exact) mass is 614 g/mol. The molecule has 1 aliphatic carbocycles. The number of halogens is 2. The van der Waals surface area contributed by atoms with Gasteiger partial charge in [0.05, 0.1) is 12.1 Å². The van der Waals surface area contributed by atoms with Crippen LogP contribution in [-0.2, 0) is 23.9 Å². The minimum atomic E-state index is -1.14. The van der Waals surface area contributed by atoms with Gasteiger partial charge < -0.3 is 25.6 Å². The Morgan fingerprint density at radius 1 is 0.976 bits per heavy atom.